The molecule has 1 amide bonds. The Bertz CT molecular complexity index is 756. The fourth-order valence-electron chi connectivity index (χ4n) is 4.54. The number of aliphatic imine (C=N–C) groups is 1. The highest BCUT2D eigenvalue weighted by atomic mass is 127. The summed E-state index contributed by atoms with van der Waals surface area (Å²) >= 11 is 0. The minimum absolute atomic E-state index is 0. The molecule has 1 aromatic carbocycles. The number of rotatable bonds is 5. The van der Waals surface area contributed by atoms with E-state index in [1.54, 1.807) is 19.2 Å². The topological polar surface area (TPSA) is 51.2 Å². The van der Waals surface area contributed by atoms with E-state index < -0.39 is 0 Å². The molecule has 166 valence electrons. The lowest BCUT2D eigenvalue weighted by Gasteiger charge is -2.37. The Balaban J connectivity index is 0.00000256. The van der Waals surface area contributed by atoms with Gasteiger partial charge in [0.05, 0.1) is 6.54 Å². The fraction of sp³-hybridized carbons (Fsp3) is 0.636. The summed E-state index contributed by atoms with van der Waals surface area (Å²) in [4.78, 5) is 23.3. The number of carbonyl (C=O) groups is 1. The molecule has 0 bridgehead atoms. The van der Waals surface area contributed by atoms with Crippen molar-refractivity contribution in [2.45, 2.75) is 31.1 Å². The van der Waals surface area contributed by atoms with Crippen molar-refractivity contribution in [1.29, 1.82) is 0 Å². The summed E-state index contributed by atoms with van der Waals surface area (Å²) in [6.45, 7) is 6.47. The van der Waals surface area contributed by atoms with Gasteiger partial charge in [-0.15, -0.1) is 24.0 Å². The van der Waals surface area contributed by atoms with Crippen LogP contribution in [-0.2, 0) is 10.2 Å². The van der Waals surface area contributed by atoms with Gasteiger partial charge in [-0.3, -0.25) is 14.7 Å². The molecule has 30 heavy (non-hydrogen) atoms. The molecular formula is C22H33FIN5O. The second-order valence-electron chi connectivity index (χ2n) is 8.51. The van der Waals surface area contributed by atoms with Crippen molar-refractivity contribution < 1.29 is 9.18 Å². The smallest absolute Gasteiger partial charge is 0.236 e. The van der Waals surface area contributed by atoms with E-state index in [1.807, 2.05) is 17.0 Å². The molecule has 6 nitrogen and oxygen atoms in total. The summed E-state index contributed by atoms with van der Waals surface area (Å²) < 4.78 is 14.2. The second-order valence-corrected chi connectivity index (χ2v) is 8.51. The number of amides is 1. The third-order valence-corrected chi connectivity index (χ3v) is 6.58. The average Bonchev–Trinajstić information content (AvgIpc) is 3.31. The molecule has 0 atom stereocenters. The number of piperazine rings is 1. The number of benzene rings is 1. The van der Waals surface area contributed by atoms with Crippen molar-refractivity contribution in [1.82, 2.24) is 20.0 Å². The van der Waals surface area contributed by atoms with Gasteiger partial charge >= 0.3 is 0 Å². The number of carbonyl (C=O) groups excluding carboxylic acids is 1. The highest BCUT2D eigenvalue weighted by Crippen LogP contribution is 2.48. The molecule has 0 unspecified atom stereocenters. The molecule has 0 aromatic heterocycles. The molecule has 1 aliphatic carbocycles. The Kier molecular flexibility index (Phi) is 7.95. The summed E-state index contributed by atoms with van der Waals surface area (Å²) in [6, 6.07) is 7.11. The van der Waals surface area contributed by atoms with Crippen molar-refractivity contribution in [3.05, 3.63) is 35.6 Å². The number of halogens is 2. The third-order valence-electron chi connectivity index (χ3n) is 6.58. The molecule has 4 rings (SSSR count). The van der Waals surface area contributed by atoms with Crippen molar-refractivity contribution >= 4 is 35.8 Å². The molecule has 2 aliphatic heterocycles. The van der Waals surface area contributed by atoms with Crippen LogP contribution >= 0.6 is 24.0 Å². The van der Waals surface area contributed by atoms with E-state index in [1.165, 1.54) is 0 Å². The summed E-state index contributed by atoms with van der Waals surface area (Å²) in [5.41, 5.74) is 0.707. The summed E-state index contributed by atoms with van der Waals surface area (Å²) in [5, 5.41) is 3.48. The molecular weight excluding hydrogens is 496 g/mol. The standard InChI is InChI=1S/C22H32FN5O.HI/c1-24-21(25-17-22(8-9-22)18-6-2-3-7-19(18)23)28-14-12-26(13-15-28)16-20(29)27-10-4-5-11-27;/h2-3,6-7H,4-5,8-17H2,1H3,(H,24,25);1H. The van der Waals surface area contributed by atoms with Gasteiger partial charge in [-0.05, 0) is 37.3 Å². The lowest BCUT2D eigenvalue weighted by atomic mass is 9.95. The fourth-order valence-corrected chi connectivity index (χ4v) is 4.54. The van der Waals surface area contributed by atoms with E-state index in [0.717, 1.165) is 76.5 Å². The van der Waals surface area contributed by atoms with Gasteiger partial charge in [0, 0.05) is 58.3 Å². The van der Waals surface area contributed by atoms with Crippen LogP contribution in [0, 0.1) is 5.82 Å². The van der Waals surface area contributed by atoms with Crippen LogP contribution in [0.2, 0.25) is 0 Å². The predicted octanol–water partition coefficient (Wildman–Crippen LogP) is 2.29. The van der Waals surface area contributed by atoms with Gasteiger partial charge in [-0.25, -0.2) is 4.39 Å². The van der Waals surface area contributed by atoms with Crippen LogP contribution in [0.4, 0.5) is 4.39 Å². The Labute approximate surface area is 195 Å². The molecule has 0 radical (unpaired) electrons. The first kappa shape index (κ1) is 23.2. The zero-order chi connectivity index (χ0) is 20.3. The lowest BCUT2D eigenvalue weighted by Crippen LogP contribution is -2.54. The molecule has 3 fully saturated rings. The van der Waals surface area contributed by atoms with E-state index in [2.05, 4.69) is 20.1 Å². The zero-order valence-electron chi connectivity index (χ0n) is 17.8. The minimum atomic E-state index is -0.113. The molecule has 2 saturated heterocycles. The van der Waals surface area contributed by atoms with E-state index in [0.29, 0.717) is 13.1 Å². The number of guanidine groups is 1. The molecule has 3 aliphatic rings. The molecule has 1 N–H and O–H groups in total. The van der Waals surface area contributed by atoms with Crippen LogP contribution in [0.1, 0.15) is 31.2 Å². The zero-order valence-corrected chi connectivity index (χ0v) is 20.1. The van der Waals surface area contributed by atoms with Gasteiger partial charge in [0.1, 0.15) is 5.82 Å². The van der Waals surface area contributed by atoms with Gasteiger partial charge in [-0.2, -0.15) is 0 Å². The summed E-state index contributed by atoms with van der Waals surface area (Å²) in [7, 11) is 1.80. The molecule has 8 heteroatoms. The number of nitrogens with one attached hydrogen (secondary N) is 1. The lowest BCUT2D eigenvalue weighted by molar-refractivity contribution is -0.131. The monoisotopic (exact) mass is 529 g/mol. The normalized spacial score (nSPS) is 21.3. The Morgan fingerprint density at radius 1 is 1.07 bits per heavy atom. The number of likely N-dealkylation sites (tertiary alicyclic amines) is 1. The van der Waals surface area contributed by atoms with Gasteiger partial charge in [0.15, 0.2) is 5.96 Å². The van der Waals surface area contributed by atoms with Crippen molar-refractivity contribution in [2.75, 3.05) is 59.4 Å². The van der Waals surface area contributed by atoms with Crippen LogP contribution in [0.15, 0.2) is 29.3 Å². The number of hydrogen-bond donors (Lipinski definition) is 1. The first-order valence-corrected chi connectivity index (χ1v) is 10.8. The molecule has 0 spiro atoms. The van der Waals surface area contributed by atoms with E-state index >= 15 is 0 Å². The maximum atomic E-state index is 14.2. The third kappa shape index (κ3) is 5.25. The highest BCUT2D eigenvalue weighted by molar-refractivity contribution is 14.0. The molecule has 2 heterocycles. The summed E-state index contributed by atoms with van der Waals surface area (Å²) in [5.74, 6) is 1.02. The van der Waals surface area contributed by atoms with Crippen LogP contribution in [0.5, 0.6) is 0 Å². The maximum absolute atomic E-state index is 14.2. The first-order valence-electron chi connectivity index (χ1n) is 10.8. The Hall–Kier alpha value is -1.42. The highest BCUT2D eigenvalue weighted by Gasteiger charge is 2.46. The first-order chi connectivity index (χ1) is 14.1. The largest absolute Gasteiger partial charge is 0.355 e. The van der Waals surface area contributed by atoms with Crippen molar-refractivity contribution in [3.63, 3.8) is 0 Å². The van der Waals surface area contributed by atoms with E-state index in [4.69, 9.17) is 0 Å². The van der Waals surface area contributed by atoms with Crippen LogP contribution in [0.25, 0.3) is 0 Å². The average molecular weight is 529 g/mol. The van der Waals surface area contributed by atoms with Crippen molar-refractivity contribution in [3.8, 4) is 0 Å². The Morgan fingerprint density at radius 3 is 2.33 bits per heavy atom. The van der Waals surface area contributed by atoms with Gasteiger partial charge in [0.2, 0.25) is 5.91 Å². The summed E-state index contributed by atoms with van der Waals surface area (Å²) in [6.07, 6.45) is 4.28. The van der Waals surface area contributed by atoms with Gasteiger partial charge in [0.25, 0.3) is 0 Å². The van der Waals surface area contributed by atoms with E-state index in [9.17, 15) is 9.18 Å². The molecule has 1 saturated carbocycles. The van der Waals surface area contributed by atoms with Gasteiger partial charge < -0.3 is 15.1 Å². The second kappa shape index (κ2) is 10.3. The van der Waals surface area contributed by atoms with Crippen molar-refractivity contribution in [2.24, 2.45) is 4.99 Å². The van der Waals surface area contributed by atoms with Crippen LogP contribution < -0.4 is 5.32 Å². The minimum Gasteiger partial charge on any atom is -0.355 e. The van der Waals surface area contributed by atoms with Crippen LogP contribution in [0.3, 0.4) is 0 Å². The Morgan fingerprint density at radius 2 is 1.73 bits per heavy atom. The maximum Gasteiger partial charge on any atom is 0.236 e. The SMILES string of the molecule is CN=C(NCC1(c2ccccc2F)CC1)N1CCN(CC(=O)N2CCCC2)CC1.I. The van der Waals surface area contributed by atoms with E-state index in [-0.39, 0.29) is 41.1 Å². The number of hydrogen-bond acceptors (Lipinski definition) is 3. The molecule has 1 aromatic rings. The predicted molar refractivity (Wildman–Crippen MR) is 128 cm³/mol. The van der Waals surface area contributed by atoms with Crippen LogP contribution in [-0.4, -0.2) is 86.0 Å². The quantitative estimate of drug-likeness (QED) is 0.362. The number of nitrogens with zero attached hydrogens (tertiary/aromatic N) is 4. The van der Waals surface area contributed by atoms with Gasteiger partial charge in [-0.1, -0.05) is 18.2 Å².